The summed E-state index contributed by atoms with van der Waals surface area (Å²) in [6, 6.07) is 8.06. The van der Waals surface area contributed by atoms with Gasteiger partial charge in [0, 0.05) is 50.5 Å². The highest BCUT2D eigenvalue weighted by Gasteiger charge is 2.25. The van der Waals surface area contributed by atoms with Gasteiger partial charge in [0.05, 0.1) is 11.9 Å². The molecule has 2 N–H and O–H groups in total. The zero-order valence-electron chi connectivity index (χ0n) is 19.7. The highest BCUT2D eigenvalue weighted by atomic mass is 19.1. The van der Waals surface area contributed by atoms with Gasteiger partial charge in [0.15, 0.2) is 0 Å². The van der Waals surface area contributed by atoms with Crippen LogP contribution in [0.4, 0.5) is 19.7 Å². The molecular formula is C24H32FN5O3. The second kappa shape index (κ2) is 10.6. The van der Waals surface area contributed by atoms with Crippen molar-refractivity contribution in [1.82, 2.24) is 20.1 Å². The number of benzene rings is 1. The normalized spacial score (nSPS) is 14.6. The summed E-state index contributed by atoms with van der Waals surface area (Å²) in [4.78, 5) is 32.4. The summed E-state index contributed by atoms with van der Waals surface area (Å²) in [6.07, 6.45) is 1.27. The fourth-order valence-electron chi connectivity index (χ4n) is 3.43. The van der Waals surface area contributed by atoms with E-state index in [0.29, 0.717) is 44.0 Å². The number of ether oxygens (including phenoxy) is 1. The van der Waals surface area contributed by atoms with Gasteiger partial charge in [0.1, 0.15) is 11.4 Å². The average Bonchev–Trinajstić information content (AvgIpc) is 2.75. The number of pyridine rings is 1. The third kappa shape index (κ3) is 7.71. The maximum Gasteiger partial charge on any atom is 0.410 e. The van der Waals surface area contributed by atoms with Gasteiger partial charge in [-0.1, -0.05) is 6.07 Å². The number of halogens is 1. The van der Waals surface area contributed by atoms with Crippen LogP contribution in [0.5, 0.6) is 0 Å². The molecule has 0 saturated carbocycles. The number of nitrogens with one attached hydrogen (secondary N) is 2. The van der Waals surface area contributed by atoms with Crippen LogP contribution in [-0.2, 0) is 17.8 Å². The molecule has 3 amide bonds. The number of hydrogen-bond donors (Lipinski definition) is 2. The number of carbonyl (C=O) groups excluding carboxylic acids is 2. The lowest BCUT2D eigenvalue weighted by molar-refractivity contribution is 0.0139. The Morgan fingerprint density at radius 2 is 1.85 bits per heavy atom. The molecule has 0 bridgehead atoms. The van der Waals surface area contributed by atoms with E-state index in [-0.39, 0.29) is 18.5 Å². The van der Waals surface area contributed by atoms with Crippen LogP contribution in [0.25, 0.3) is 0 Å². The van der Waals surface area contributed by atoms with Crippen LogP contribution in [0.3, 0.4) is 0 Å². The Hall–Kier alpha value is -3.20. The molecule has 2 heterocycles. The molecule has 1 aliphatic rings. The molecule has 9 heteroatoms. The zero-order chi connectivity index (χ0) is 24.0. The summed E-state index contributed by atoms with van der Waals surface area (Å²) in [5.74, 6) is -0.370. The number of aryl methyl sites for hydroxylation is 1. The molecule has 8 nitrogen and oxygen atoms in total. The molecule has 0 aliphatic carbocycles. The predicted octanol–water partition coefficient (Wildman–Crippen LogP) is 3.90. The lowest BCUT2D eigenvalue weighted by Gasteiger charge is -2.35. The number of aromatic nitrogens is 1. The maximum atomic E-state index is 14.3. The van der Waals surface area contributed by atoms with E-state index in [2.05, 4.69) is 20.5 Å². The number of hydrogen-bond acceptors (Lipinski definition) is 5. The maximum absolute atomic E-state index is 14.3. The fraction of sp³-hybridized carbons (Fsp3) is 0.458. The van der Waals surface area contributed by atoms with Crippen molar-refractivity contribution < 1.29 is 18.7 Å². The molecule has 0 radical (unpaired) electrons. The average molecular weight is 458 g/mol. The predicted molar refractivity (Wildman–Crippen MR) is 124 cm³/mol. The van der Waals surface area contributed by atoms with Gasteiger partial charge in [-0.25, -0.2) is 14.0 Å². The van der Waals surface area contributed by atoms with Crippen molar-refractivity contribution in [2.45, 2.75) is 46.4 Å². The minimum absolute atomic E-state index is 0.0667. The van der Waals surface area contributed by atoms with Gasteiger partial charge in [0.2, 0.25) is 0 Å². The molecule has 0 atom stereocenters. The van der Waals surface area contributed by atoms with Crippen molar-refractivity contribution in [1.29, 1.82) is 0 Å². The lowest BCUT2D eigenvalue weighted by Crippen LogP contribution is -2.49. The largest absolute Gasteiger partial charge is 0.444 e. The van der Waals surface area contributed by atoms with Crippen molar-refractivity contribution in [3.8, 4) is 0 Å². The van der Waals surface area contributed by atoms with Crippen LogP contribution in [0, 0.1) is 12.7 Å². The number of urea groups is 1. The topological polar surface area (TPSA) is 86.8 Å². The Morgan fingerprint density at radius 3 is 2.48 bits per heavy atom. The van der Waals surface area contributed by atoms with Crippen molar-refractivity contribution in [2.75, 3.05) is 31.5 Å². The highest BCUT2D eigenvalue weighted by Crippen LogP contribution is 2.16. The minimum atomic E-state index is -0.513. The van der Waals surface area contributed by atoms with E-state index in [1.807, 2.05) is 27.7 Å². The Bertz CT molecular complexity index is 967. The summed E-state index contributed by atoms with van der Waals surface area (Å²) in [7, 11) is 0. The van der Waals surface area contributed by atoms with Gasteiger partial charge in [0.25, 0.3) is 0 Å². The van der Waals surface area contributed by atoms with E-state index in [4.69, 9.17) is 4.74 Å². The number of anilines is 1. The van der Waals surface area contributed by atoms with E-state index in [0.717, 1.165) is 11.3 Å². The highest BCUT2D eigenvalue weighted by molar-refractivity contribution is 5.88. The van der Waals surface area contributed by atoms with Crippen molar-refractivity contribution in [3.63, 3.8) is 0 Å². The third-order valence-electron chi connectivity index (χ3n) is 5.15. The fourth-order valence-corrected chi connectivity index (χ4v) is 3.43. The Labute approximate surface area is 194 Å². The van der Waals surface area contributed by atoms with E-state index < -0.39 is 11.6 Å². The van der Waals surface area contributed by atoms with Crippen LogP contribution >= 0.6 is 0 Å². The summed E-state index contributed by atoms with van der Waals surface area (Å²) in [5, 5.41) is 5.36. The molecule has 1 aromatic carbocycles. The van der Waals surface area contributed by atoms with Crippen LogP contribution in [0.1, 0.15) is 37.6 Å². The first kappa shape index (κ1) is 24.4. The van der Waals surface area contributed by atoms with Crippen LogP contribution < -0.4 is 10.6 Å². The summed E-state index contributed by atoms with van der Waals surface area (Å²) < 4.78 is 19.7. The molecule has 1 aliphatic heterocycles. The standard InChI is InChI=1S/C24H32FN5O3/c1-17-5-7-20(15-26-17)28-22(31)27-14-19-13-18(6-8-21(19)25)16-29-9-11-30(12-10-29)23(32)33-24(2,3)4/h5-8,13,15H,9-12,14,16H2,1-4H3,(H2,27,28,31). The molecule has 3 rings (SSSR count). The second-order valence-corrected chi connectivity index (χ2v) is 9.17. The van der Waals surface area contributed by atoms with Gasteiger partial charge < -0.3 is 20.3 Å². The van der Waals surface area contributed by atoms with Crippen LogP contribution in [0.15, 0.2) is 36.5 Å². The Balaban J connectivity index is 1.49. The van der Waals surface area contributed by atoms with Gasteiger partial charge in [-0.15, -0.1) is 0 Å². The number of rotatable bonds is 5. The Kier molecular flexibility index (Phi) is 7.86. The van der Waals surface area contributed by atoms with Crippen molar-refractivity contribution in [2.24, 2.45) is 0 Å². The van der Waals surface area contributed by atoms with Gasteiger partial charge in [-0.2, -0.15) is 0 Å². The molecule has 1 saturated heterocycles. The first-order chi connectivity index (χ1) is 15.6. The van der Waals surface area contributed by atoms with Crippen molar-refractivity contribution >= 4 is 17.8 Å². The van der Waals surface area contributed by atoms with Crippen LogP contribution in [0.2, 0.25) is 0 Å². The molecular weight excluding hydrogens is 425 g/mol. The summed E-state index contributed by atoms with van der Waals surface area (Å²) in [5.41, 5.74) is 2.27. The van der Waals surface area contributed by atoms with E-state index in [9.17, 15) is 14.0 Å². The first-order valence-electron chi connectivity index (χ1n) is 11.0. The second-order valence-electron chi connectivity index (χ2n) is 9.17. The number of nitrogens with zero attached hydrogens (tertiary/aromatic N) is 3. The molecule has 33 heavy (non-hydrogen) atoms. The van der Waals surface area contributed by atoms with Gasteiger partial charge >= 0.3 is 12.1 Å². The minimum Gasteiger partial charge on any atom is -0.444 e. The van der Waals surface area contributed by atoms with Crippen molar-refractivity contribution in [3.05, 3.63) is 59.2 Å². The molecule has 1 fully saturated rings. The molecule has 2 aromatic rings. The molecule has 178 valence electrons. The van der Waals surface area contributed by atoms with Gasteiger partial charge in [-0.3, -0.25) is 9.88 Å². The van der Waals surface area contributed by atoms with E-state index >= 15 is 0 Å². The SMILES string of the molecule is Cc1ccc(NC(=O)NCc2cc(CN3CCN(C(=O)OC(C)(C)C)CC3)ccc2F)cn1. The summed E-state index contributed by atoms with van der Waals surface area (Å²) >= 11 is 0. The summed E-state index contributed by atoms with van der Waals surface area (Å²) in [6.45, 7) is 10.7. The van der Waals surface area contributed by atoms with Crippen LogP contribution in [-0.4, -0.2) is 58.7 Å². The zero-order valence-corrected chi connectivity index (χ0v) is 19.7. The Morgan fingerprint density at radius 1 is 1.12 bits per heavy atom. The van der Waals surface area contributed by atoms with Gasteiger partial charge in [-0.05, 0) is 57.5 Å². The third-order valence-corrected chi connectivity index (χ3v) is 5.15. The first-order valence-corrected chi connectivity index (χ1v) is 11.0. The molecule has 0 unspecified atom stereocenters. The monoisotopic (exact) mass is 457 g/mol. The molecule has 0 spiro atoms. The number of amides is 3. The number of carbonyl (C=O) groups is 2. The van der Waals surface area contributed by atoms with E-state index in [1.165, 1.54) is 6.07 Å². The molecule has 1 aromatic heterocycles. The number of piperazine rings is 1. The quantitative estimate of drug-likeness (QED) is 0.711. The van der Waals surface area contributed by atoms with E-state index in [1.54, 1.807) is 35.4 Å². The smallest absolute Gasteiger partial charge is 0.410 e. The lowest BCUT2D eigenvalue weighted by atomic mass is 10.1.